The molecule has 1 aromatic carbocycles. The van der Waals surface area contributed by atoms with Crippen LogP contribution < -0.4 is 0 Å². The summed E-state index contributed by atoms with van der Waals surface area (Å²) in [5.41, 5.74) is -0.274. The maximum Gasteiger partial charge on any atom is 0.305 e. The van der Waals surface area contributed by atoms with Crippen LogP contribution in [0.2, 0.25) is 0 Å². The molecule has 0 saturated carbocycles. The van der Waals surface area contributed by atoms with Gasteiger partial charge >= 0.3 is 5.97 Å². The summed E-state index contributed by atoms with van der Waals surface area (Å²) in [6.07, 6.45) is -0.235. The lowest BCUT2D eigenvalue weighted by atomic mass is 10.0. The summed E-state index contributed by atoms with van der Waals surface area (Å²) in [5.74, 6) is -1.02. The highest BCUT2D eigenvalue weighted by Gasteiger charge is 2.44. The standard InChI is InChI=1S/C12H14BrNO4S/c1-12(2,6-11(15)16)14-7-8-5-9(13)3-4-10(8)19(14,17)18/h3-5H,6-7H2,1-2H3,(H,15,16). The molecule has 1 N–H and O–H groups in total. The summed E-state index contributed by atoms with van der Waals surface area (Å²) in [5, 5.41) is 8.91. The number of benzene rings is 1. The van der Waals surface area contributed by atoms with Crippen LogP contribution in [0.1, 0.15) is 25.8 Å². The molecule has 0 saturated heterocycles. The molecular formula is C12H14BrNO4S. The second-order valence-corrected chi connectivity index (χ2v) is 7.89. The van der Waals surface area contributed by atoms with E-state index in [-0.39, 0.29) is 17.9 Å². The Labute approximate surface area is 120 Å². The maximum atomic E-state index is 12.4. The van der Waals surface area contributed by atoms with Crippen molar-refractivity contribution in [3.8, 4) is 0 Å². The lowest BCUT2D eigenvalue weighted by molar-refractivity contribution is -0.139. The third-order valence-electron chi connectivity index (χ3n) is 3.16. The van der Waals surface area contributed by atoms with Crippen molar-refractivity contribution in [2.45, 2.75) is 37.2 Å². The fraction of sp³-hybridized carbons (Fsp3) is 0.417. The first-order valence-electron chi connectivity index (χ1n) is 5.68. The lowest BCUT2D eigenvalue weighted by Gasteiger charge is -2.32. The molecule has 0 radical (unpaired) electrons. The first-order valence-corrected chi connectivity index (χ1v) is 7.91. The van der Waals surface area contributed by atoms with Gasteiger partial charge in [0.25, 0.3) is 0 Å². The van der Waals surface area contributed by atoms with Crippen molar-refractivity contribution in [3.05, 3.63) is 28.2 Å². The molecule has 0 atom stereocenters. The zero-order chi connectivity index (χ0) is 14.4. The Kier molecular flexibility index (Phi) is 3.49. The van der Waals surface area contributed by atoms with Crippen LogP contribution in [-0.4, -0.2) is 29.3 Å². The van der Waals surface area contributed by atoms with Gasteiger partial charge in [-0.25, -0.2) is 8.42 Å². The molecule has 2 rings (SSSR count). The van der Waals surface area contributed by atoms with E-state index < -0.39 is 21.5 Å². The van der Waals surface area contributed by atoms with Crippen LogP contribution >= 0.6 is 15.9 Å². The number of hydrogen-bond acceptors (Lipinski definition) is 3. The number of carboxylic acid groups (broad SMARTS) is 1. The molecule has 19 heavy (non-hydrogen) atoms. The maximum absolute atomic E-state index is 12.4. The topological polar surface area (TPSA) is 74.7 Å². The number of carbonyl (C=O) groups is 1. The molecule has 104 valence electrons. The van der Waals surface area contributed by atoms with Crippen molar-refractivity contribution in [3.63, 3.8) is 0 Å². The van der Waals surface area contributed by atoms with Gasteiger partial charge < -0.3 is 5.11 Å². The van der Waals surface area contributed by atoms with Gasteiger partial charge in [0, 0.05) is 16.6 Å². The number of rotatable bonds is 3. The van der Waals surface area contributed by atoms with Gasteiger partial charge in [-0.15, -0.1) is 0 Å². The number of fused-ring (bicyclic) bond motifs is 1. The highest BCUT2D eigenvalue weighted by Crippen LogP contribution is 2.38. The molecule has 7 heteroatoms. The number of halogens is 1. The minimum Gasteiger partial charge on any atom is -0.481 e. The number of aliphatic carboxylic acids is 1. The van der Waals surface area contributed by atoms with Gasteiger partial charge in [-0.1, -0.05) is 15.9 Å². The molecule has 1 aromatic rings. The molecule has 0 spiro atoms. The molecule has 0 aromatic heterocycles. The SMILES string of the molecule is CC(C)(CC(=O)O)N1Cc2cc(Br)ccc2S1(=O)=O. The van der Waals surface area contributed by atoms with Gasteiger partial charge in [0.1, 0.15) is 0 Å². The van der Waals surface area contributed by atoms with Gasteiger partial charge in [0.15, 0.2) is 0 Å². The fourth-order valence-electron chi connectivity index (χ4n) is 2.28. The molecule has 1 aliphatic rings. The average molecular weight is 348 g/mol. The third kappa shape index (κ3) is 2.54. The van der Waals surface area contributed by atoms with Gasteiger partial charge in [-0.05, 0) is 37.6 Å². The van der Waals surface area contributed by atoms with E-state index in [1.54, 1.807) is 32.0 Å². The Morgan fingerprint density at radius 1 is 1.47 bits per heavy atom. The summed E-state index contributed by atoms with van der Waals surface area (Å²) >= 11 is 3.31. The van der Waals surface area contributed by atoms with E-state index in [4.69, 9.17) is 5.11 Å². The molecule has 0 fully saturated rings. The predicted molar refractivity (Wildman–Crippen MR) is 73.2 cm³/mol. The van der Waals surface area contributed by atoms with Crippen LogP contribution in [0, 0.1) is 0 Å². The van der Waals surface area contributed by atoms with E-state index >= 15 is 0 Å². The largest absolute Gasteiger partial charge is 0.481 e. The Hall–Kier alpha value is -0.920. The number of hydrogen-bond donors (Lipinski definition) is 1. The van der Waals surface area contributed by atoms with E-state index in [2.05, 4.69) is 15.9 Å². The highest BCUT2D eigenvalue weighted by atomic mass is 79.9. The first kappa shape index (κ1) is 14.5. The lowest BCUT2D eigenvalue weighted by Crippen LogP contribution is -2.45. The second kappa shape index (κ2) is 4.57. The monoisotopic (exact) mass is 347 g/mol. The zero-order valence-corrected chi connectivity index (χ0v) is 13.0. The summed E-state index contributed by atoms with van der Waals surface area (Å²) in [4.78, 5) is 11.1. The van der Waals surface area contributed by atoms with Crippen molar-refractivity contribution >= 4 is 31.9 Å². The van der Waals surface area contributed by atoms with E-state index in [9.17, 15) is 13.2 Å². The van der Waals surface area contributed by atoms with E-state index in [1.807, 2.05) is 0 Å². The van der Waals surface area contributed by atoms with E-state index in [1.165, 1.54) is 4.31 Å². The van der Waals surface area contributed by atoms with Crippen LogP contribution in [0.25, 0.3) is 0 Å². The normalized spacial score (nSPS) is 18.3. The van der Waals surface area contributed by atoms with Gasteiger partial charge in [-0.3, -0.25) is 4.79 Å². The van der Waals surface area contributed by atoms with Gasteiger partial charge in [0.2, 0.25) is 10.0 Å². The minimum absolute atomic E-state index is 0.206. The fourth-order valence-corrected chi connectivity index (χ4v) is 4.64. The van der Waals surface area contributed by atoms with E-state index in [0.717, 1.165) is 4.47 Å². The summed E-state index contributed by atoms with van der Waals surface area (Å²) in [7, 11) is -3.62. The highest BCUT2D eigenvalue weighted by molar-refractivity contribution is 9.10. The van der Waals surface area contributed by atoms with Crippen LogP contribution in [-0.2, 0) is 21.4 Å². The quantitative estimate of drug-likeness (QED) is 0.909. The molecule has 5 nitrogen and oxygen atoms in total. The molecule has 0 bridgehead atoms. The summed E-state index contributed by atoms with van der Waals surface area (Å²) in [6, 6.07) is 4.97. The molecule has 1 aliphatic heterocycles. The van der Waals surface area contributed by atoms with Crippen molar-refractivity contribution in [1.82, 2.24) is 4.31 Å². The van der Waals surface area contributed by atoms with Crippen LogP contribution in [0.4, 0.5) is 0 Å². The van der Waals surface area contributed by atoms with Crippen molar-refractivity contribution in [2.75, 3.05) is 0 Å². The summed E-state index contributed by atoms with van der Waals surface area (Å²) < 4.78 is 26.9. The van der Waals surface area contributed by atoms with Crippen molar-refractivity contribution in [1.29, 1.82) is 0 Å². The van der Waals surface area contributed by atoms with Crippen LogP contribution in [0.15, 0.2) is 27.6 Å². The number of nitrogens with zero attached hydrogens (tertiary/aromatic N) is 1. The van der Waals surface area contributed by atoms with Crippen LogP contribution in [0.5, 0.6) is 0 Å². The van der Waals surface area contributed by atoms with Gasteiger partial charge in [0.05, 0.1) is 11.3 Å². The second-order valence-electron chi connectivity index (χ2n) is 5.15. The molecule has 0 unspecified atom stereocenters. The Morgan fingerprint density at radius 2 is 2.11 bits per heavy atom. The van der Waals surface area contributed by atoms with Crippen molar-refractivity contribution in [2.24, 2.45) is 0 Å². The third-order valence-corrected chi connectivity index (χ3v) is 5.81. The Bertz CT molecular complexity index is 639. The summed E-state index contributed by atoms with van der Waals surface area (Å²) in [6.45, 7) is 3.45. The molecular weight excluding hydrogens is 334 g/mol. The van der Waals surface area contributed by atoms with E-state index in [0.29, 0.717) is 5.56 Å². The Morgan fingerprint density at radius 3 is 2.68 bits per heavy atom. The molecule has 0 aliphatic carbocycles. The van der Waals surface area contributed by atoms with Crippen LogP contribution in [0.3, 0.4) is 0 Å². The molecule has 0 amide bonds. The average Bonchev–Trinajstić information content (AvgIpc) is 2.48. The smallest absolute Gasteiger partial charge is 0.305 e. The number of sulfonamides is 1. The Balaban J connectivity index is 2.46. The molecule has 1 heterocycles. The number of carboxylic acids is 1. The van der Waals surface area contributed by atoms with Crippen molar-refractivity contribution < 1.29 is 18.3 Å². The predicted octanol–water partition coefficient (Wildman–Crippen LogP) is 2.21. The minimum atomic E-state index is -3.62. The van der Waals surface area contributed by atoms with Gasteiger partial charge in [-0.2, -0.15) is 4.31 Å². The first-order chi connectivity index (χ1) is 8.64. The zero-order valence-electron chi connectivity index (χ0n) is 10.6.